The Bertz CT molecular complexity index is 590. The third kappa shape index (κ3) is 2.14. The number of aryl methyl sites for hydroxylation is 2. The number of benzene rings is 1. The van der Waals surface area contributed by atoms with Crippen LogP contribution in [0.2, 0.25) is 0 Å². The van der Waals surface area contributed by atoms with Crippen LogP contribution in [0.15, 0.2) is 18.2 Å². The largest absolute Gasteiger partial charge is 0.476 e. The predicted molar refractivity (Wildman–Crippen MR) is 68.4 cm³/mol. The minimum absolute atomic E-state index is 0.0238. The Hall–Kier alpha value is -1.88. The van der Waals surface area contributed by atoms with Gasteiger partial charge < -0.3 is 10.8 Å². The molecule has 0 aliphatic carbocycles. The lowest BCUT2D eigenvalue weighted by molar-refractivity contribution is 0.0692. The van der Waals surface area contributed by atoms with Gasteiger partial charge >= 0.3 is 5.97 Å². The SMILES string of the molecule is Cc1ccc(-c2sc(N)nc2C(=O)O)cc1C. The number of nitrogen functional groups attached to an aromatic ring is 1. The summed E-state index contributed by atoms with van der Waals surface area (Å²) in [5.41, 5.74) is 8.72. The number of carboxylic acid groups (broad SMARTS) is 1. The number of anilines is 1. The second-order valence-electron chi connectivity index (χ2n) is 3.83. The van der Waals surface area contributed by atoms with Crippen molar-refractivity contribution < 1.29 is 9.90 Å². The van der Waals surface area contributed by atoms with Crippen molar-refractivity contribution in [3.63, 3.8) is 0 Å². The van der Waals surface area contributed by atoms with Crippen molar-refractivity contribution in [2.45, 2.75) is 13.8 Å². The van der Waals surface area contributed by atoms with Crippen LogP contribution in [0, 0.1) is 13.8 Å². The number of hydrogen-bond donors (Lipinski definition) is 2. The topological polar surface area (TPSA) is 76.2 Å². The summed E-state index contributed by atoms with van der Waals surface area (Å²) in [5, 5.41) is 9.33. The van der Waals surface area contributed by atoms with E-state index < -0.39 is 5.97 Å². The van der Waals surface area contributed by atoms with E-state index in [1.54, 1.807) is 0 Å². The highest BCUT2D eigenvalue weighted by Crippen LogP contribution is 2.32. The van der Waals surface area contributed by atoms with Gasteiger partial charge in [0.2, 0.25) is 0 Å². The molecule has 0 bridgehead atoms. The number of nitrogens with zero attached hydrogens (tertiary/aromatic N) is 1. The number of rotatable bonds is 2. The second-order valence-corrected chi connectivity index (χ2v) is 4.86. The van der Waals surface area contributed by atoms with Gasteiger partial charge in [0.15, 0.2) is 10.8 Å². The molecule has 1 heterocycles. The van der Waals surface area contributed by atoms with Crippen LogP contribution in [0.3, 0.4) is 0 Å². The van der Waals surface area contributed by atoms with E-state index in [1.165, 1.54) is 16.9 Å². The first-order valence-electron chi connectivity index (χ1n) is 5.06. The number of thiazole rings is 1. The van der Waals surface area contributed by atoms with E-state index >= 15 is 0 Å². The summed E-state index contributed by atoms with van der Waals surface area (Å²) >= 11 is 1.20. The highest BCUT2D eigenvalue weighted by Gasteiger charge is 2.17. The summed E-state index contributed by atoms with van der Waals surface area (Å²) < 4.78 is 0. The zero-order valence-electron chi connectivity index (χ0n) is 9.52. The van der Waals surface area contributed by atoms with Crippen molar-refractivity contribution >= 4 is 22.4 Å². The average molecular weight is 248 g/mol. The molecule has 0 atom stereocenters. The van der Waals surface area contributed by atoms with E-state index in [4.69, 9.17) is 10.8 Å². The molecule has 0 amide bonds. The van der Waals surface area contributed by atoms with E-state index in [0.717, 1.165) is 11.1 Å². The Balaban J connectivity index is 2.59. The second kappa shape index (κ2) is 4.18. The molecule has 0 saturated heterocycles. The highest BCUT2D eigenvalue weighted by molar-refractivity contribution is 7.19. The predicted octanol–water partition coefficient (Wildman–Crippen LogP) is 2.71. The number of aromatic carboxylic acids is 1. The average Bonchev–Trinajstić information content (AvgIpc) is 2.64. The minimum atomic E-state index is -1.05. The number of nitrogens with two attached hydrogens (primary N) is 1. The maximum atomic E-state index is 11.0. The highest BCUT2D eigenvalue weighted by atomic mass is 32.1. The van der Waals surface area contributed by atoms with Crippen LogP contribution < -0.4 is 5.73 Å². The molecule has 1 aromatic carbocycles. The number of hydrogen-bond acceptors (Lipinski definition) is 4. The van der Waals surface area contributed by atoms with Crippen LogP contribution in [-0.4, -0.2) is 16.1 Å². The van der Waals surface area contributed by atoms with Crippen molar-refractivity contribution in [1.82, 2.24) is 4.98 Å². The van der Waals surface area contributed by atoms with Crippen LogP contribution in [0.4, 0.5) is 5.13 Å². The number of carbonyl (C=O) groups is 1. The quantitative estimate of drug-likeness (QED) is 0.856. The summed E-state index contributed by atoms with van der Waals surface area (Å²) in [6, 6.07) is 5.81. The fourth-order valence-electron chi connectivity index (χ4n) is 1.56. The van der Waals surface area contributed by atoms with E-state index in [-0.39, 0.29) is 10.8 Å². The van der Waals surface area contributed by atoms with Gasteiger partial charge in [-0.15, -0.1) is 0 Å². The molecule has 0 aliphatic heterocycles. The minimum Gasteiger partial charge on any atom is -0.476 e. The van der Waals surface area contributed by atoms with Crippen LogP contribution >= 0.6 is 11.3 Å². The summed E-state index contributed by atoms with van der Waals surface area (Å²) in [6.07, 6.45) is 0. The lowest BCUT2D eigenvalue weighted by atomic mass is 10.0. The molecule has 3 N–H and O–H groups in total. The standard InChI is InChI=1S/C12H12N2O2S/c1-6-3-4-8(5-7(6)2)10-9(11(15)16)14-12(13)17-10/h3-5H,1-2H3,(H2,13,14)(H,15,16). The molecule has 0 aliphatic rings. The smallest absolute Gasteiger partial charge is 0.356 e. The van der Waals surface area contributed by atoms with Crippen molar-refractivity contribution in [2.24, 2.45) is 0 Å². The van der Waals surface area contributed by atoms with Crippen molar-refractivity contribution in [2.75, 3.05) is 5.73 Å². The van der Waals surface area contributed by atoms with Gasteiger partial charge in [0.05, 0.1) is 4.88 Å². The molecular weight excluding hydrogens is 236 g/mol. The first-order valence-corrected chi connectivity index (χ1v) is 5.88. The Morgan fingerprint density at radius 3 is 2.65 bits per heavy atom. The van der Waals surface area contributed by atoms with Crippen molar-refractivity contribution in [3.05, 3.63) is 35.0 Å². The van der Waals surface area contributed by atoms with Gasteiger partial charge in [-0.05, 0) is 30.5 Å². The summed E-state index contributed by atoms with van der Waals surface area (Å²) in [7, 11) is 0. The monoisotopic (exact) mass is 248 g/mol. The fourth-order valence-corrected chi connectivity index (χ4v) is 2.38. The normalized spacial score (nSPS) is 10.5. The van der Waals surface area contributed by atoms with Crippen LogP contribution in [-0.2, 0) is 0 Å². The molecule has 4 nitrogen and oxygen atoms in total. The van der Waals surface area contributed by atoms with E-state index in [9.17, 15) is 4.79 Å². The lowest BCUT2D eigenvalue weighted by Crippen LogP contribution is -1.99. The van der Waals surface area contributed by atoms with Gasteiger partial charge in [0.25, 0.3) is 0 Å². The Morgan fingerprint density at radius 2 is 2.06 bits per heavy atom. The van der Waals surface area contributed by atoms with Gasteiger partial charge in [-0.1, -0.05) is 29.5 Å². The molecule has 0 fully saturated rings. The zero-order valence-corrected chi connectivity index (χ0v) is 10.3. The third-order valence-electron chi connectivity index (χ3n) is 2.62. The molecule has 2 aromatic rings. The Kier molecular flexibility index (Phi) is 2.85. The van der Waals surface area contributed by atoms with Crippen molar-refractivity contribution in [3.8, 4) is 10.4 Å². The van der Waals surface area contributed by atoms with E-state index in [2.05, 4.69) is 4.98 Å². The molecule has 17 heavy (non-hydrogen) atoms. The molecule has 88 valence electrons. The lowest BCUT2D eigenvalue weighted by Gasteiger charge is -2.03. The van der Waals surface area contributed by atoms with Crippen molar-refractivity contribution in [1.29, 1.82) is 0 Å². The number of carboxylic acids is 1. The molecule has 0 unspecified atom stereocenters. The van der Waals surface area contributed by atoms with Crippen LogP contribution in [0.1, 0.15) is 21.6 Å². The third-order valence-corrected chi connectivity index (χ3v) is 3.55. The first-order chi connectivity index (χ1) is 7.99. The maximum absolute atomic E-state index is 11.0. The maximum Gasteiger partial charge on any atom is 0.356 e. The molecule has 1 aromatic heterocycles. The van der Waals surface area contributed by atoms with E-state index in [0.29, 0.717) is 4.88 Å². The van der Waals surface area contributed by atoms with Gasteiger partial charge in [0, 0.05) is 0 Å². The summed E-state index contributed by atoms with van der Waals surface area (Å²) in [4.78, 5) is 15.5. The van der Waals surface area contributed by atoms with Crippen LogP contribution in [0.5, 0.6) is 0 Å². The molecule has 5 heteroatoms. The number of aromatic nitrogens is 1. The molecule has 0 radical (unpaired) electrons. The fraction of sp³-hybridized carbons (Fsp3) is 0.167. The Labute approximate surface area is 103 Å². The zero-order chi connectivity index (χ0) is 12.6. The van der Waals surface area contributed by atoms with E-state index in [1.807, 2.05) is 32.0 Å². The summed E-state index contributed by atoms with van der Waals surface area (Å²) in [6.45, 7) is 4.00. The first kappa shape index (κ1) is 11.6. The summed E-state index contributed by atoms with van der Waals surface area (Å²) in [5.74, 6) is -1.05. The van der Waals surface area contributed by atoms with Gasteiger partial charge in [0.1, 0.15) is 0 Å². The van der Waals surface area contributed by atoms with Gasteiger partial charge in [-0.3, -0.25) is 0 Å². The van der Waals surface area contributed by atoms with Gasteiger partial charge in [-0.2, -0.15) is 0 Å². The molecular formula is C12H12N2O2S. The van der Waals surface area contributed by atoms with Crippen LogP contribution in [0.25, 0.3) is 10.4 Å². The molecule has 0 spiro atoms. The Morgan fingerprint density at radius 1 is 1.35 bits per heavy atom. The molecule has 0 saturated carbocycles. The van der Waals surface area contributed by atoms with Gasteiger partial charge in [-0.25, -0.2) is 9.78 Å². The molecule has 2 rings (SSSR count).